The zero-order valence-corrected chi connectivity index (χ0v) is 19.2. The smallest absolute Gasteiger partial charge is 0.323 e. The Morgan fingerprint density at radius 1 is 1.16 bits per heavy atom. The molecule has 4 aliphatic rings. The molecule has 0 aromatic carbocycles. The van der Waals surface area contributed by atoms with E-state index in [0.717, 1.165) is 37.1 Å². The van der Waals surface area contributed by atoms with E-state index in [1.54, 1.807) is 0 Å². The van der Waals surface area contributed by atoms with Crippen molar-refractivity contribution in [2.75, 3.05) is 20.3 Å². The van der Waals surface area contributed by atoms with E-state index >= 15 is 0 Å². The molecule has 6 heteroatoms. The molecular weight excluding hydrogens is 404 g/mol. The fraction of sp³-hybridized carbons (Fsp3) is 0.692. The van der Waals surface area contributed by atoms with E-state index in [1.807, 2.05) is 10.6 Å². The van der Waals surface area contributed by atoms with Crippen molar-refractivity contribution in [2.45, 2.75) is 76.4 Å². The number of esters is 1. The Morgan fingerprint density at radius 2 is 1.97 bits per heavy atom. The van der Waals surface area contributed by atoms with Crippen LogP contribution in [0.25, 0.3) is 5.57 Å². The van der Waals surface area contributed by atoms with Gasteiger partial charge in [-0.15, -0.1) is 0 Å². The lowest BCUT2D eigenvalue weighted by molar-refractivity contribution is -0.148. The zero-order valence-electron chi connectivity index (χ0n) is 19.2. The summed E-state index contributed by atoms with van der Waals surface area (Å²) in [7, 11) is 1.44. The van der Waals surface area contributed by atoms with Gasteiger partial charge in [-0.3, -0.25) is 14.5 Å². The van der Waals surface area contributed by atoms with Gasteiger partial charge in [-0.2, -0.15) is 0 Å². The van der Waals surface area contributed by atoms with Gasteiger partial charge < -0.3 is 14.4 Å². The number of aliphatic hydroxyl groups is 1. The summed E-state index contributed by atoms with van der Waals surface area (Å²) >= 11 is 0. The molecule has 3 heterocycles. The van der Waals surface area contributed by atoms with Crippen molar-refractivity contribution in [3.63, 3.8) is 0 Å². The zero-order chi connectivity index (χ0) is 22.2. The molecule has 4 atom stereocenters. The topological polar surface area (TPSA) is 71.8 Å². The highest BCUT2D eigenvalue weighted by molar-refractivity contribution is 5.77. The van der Waals surface area contributed by atoms with Crippen LogP contribution in [0.5, 0.6) is 0 Å². The number of likely N-dealkylation sites (tertiary alicyclic amines) is 1. The second-order valence-corrected chi connectivity index (χ2v) is 10.2. The molecule has 6 nitrogen and oxygen atoms in total. The van der Waals surface area contributed by atoms with Crippen LogP contribution in [0.3, 0.4) is 0 Å². The summed E-state index contributed by atoms with van der Waals surface area (Å²) in [6.07, 6.45) is 12.7. The third kappa shape index (κ3) is 3.65. The number of carbonyl (C=O) groups is 1. The molecule has 0 bridgehead atoms. The van der Waals surface area contributed by atoms with E-state index in [1.165, 1.54) is 51.2 Å². The molecule has 1 saturated heterocycles. The molecule has 5 rings (SSSR count). The molecule has 0 radical (unpaired) electrons. The number of ether oxygens (including phenoxy) is 1. The fourth-order valence-electron chi connectivity index (χ4n) is 6.90. The lowest BCUT2D eigenvalue weighted by atomic mass is 9.88. The van der Waals surface area contributed by atoms with E-state index in [2.05, 4.69) is 17.0 Å². The van der Waals surface area contributed by atoms with Crippen LogP contribution >= 0.6 is 0 Å². The first-order chi connectivity index (χ1) is 15.6. The summed E-state index contributed by atoms with van der Waals surface area (Å²) in [6, 6.07) is 3.66. The minimum absolute atomic E-state index is 0.0136. The summed E-state index contributed by atoms with van der Waals surface area (Å²) in [5.74, 6) is 0.136. The number of pyridine rings is 1. The van der Waals surface area contributed by atoms with Crippen LogP contribution in [0.15, 0.2) is 23.0 Å². The SMILES string of the molecule is COC(=O)[C@@H]1[C@@H](CO)[C@@H]2Cn3c(ccc(C4=CCCCC4)c3=O)[C@@H]2N1CC1CCCCC1. The molecule has 0 amide bonds. The number of nitrogens with zero attached hydrogens (tertiary/aromatic N) is 2. The average Bonchev–Trinajstić information content (AvgIpc) is 3.35. The summed E-state index contributed by atoms with van der Waals surface area (Å²) in [6.45, 7) is 1.33. The van der Waals surface area contributed by atoms with Crippen molar-refractivity contribution in [2.24, 2.45) is 17.8 Å². The van der Waals surface area contributed by atoms with Crippen LogP contribution in [-0.2, 0) is 16.1 Å². The predicted molar refractivity (Wildman–Crippen MR) is 123 cm³/mol. The van der Waals surface area contributed by atoms with Crippen LogP contribution in [-0.4, -0.2) is 46.8 Å². The molecule has 2 fully saturated rings. The number of allylic oxidation sites excluding steroid dienone is 2. The summed E-state index contributed by atoms with van der Waals surface area (Å²) in [5.41, 5.74) is 3.10. The first-order valence-electron chi connectivity index (χ1n) is 12.5. The molecule has 2 aliphatic carbocycles. The van der Waals surface area contributed by atoms with Crippen molar-refractivity contribution in [1.82, 2.24) is 9.47 Å². The molecule has 32 heavy (non-hydrogen) atoms. The first kappa shape index (κ1) is 21.9. The van der Waals surface area contributed by atoms with Gasteiger partial charge in [0.15, 0.2) is 0 Å². The maximum atomic E-state index is 13.5. The number of carbonyl (C=O) groups excluding carboxylic acids is 1. The first-order valence-corrected chi connectivity index (χ1v) is 12.5. The number of hydrogen-bond donors (Lipinski definition) is 1. The molecule has 0 unspecified atom stereocenters. The van der Waals surface area contributed by atoms with Gasteiger partial charge in [0.1, 0.15) is 6.04 Å². The number of hydrogen-bond acceptors (Lipinski definition) is 5. The van der Waals surface area contributed by atoms with E-state index in [9.17, 15) is 14.7 Å². The number of fused-ring (bicyclic) bond motifs is 3. The van der Waals surface area contributed by atoms with Gasteiger partial charge in [0.05, 0.1) is 13.2 Å². The van der Waals surface area contributed by atoms with E-state index in [4.69, 9.17) is 4.74 Å². The summed E-state index contributed by atoms with van der Waals surface area (Å²) in [5, 5.41) is 10.3. The summed E-state index contributed by atoms with van der Waals surface area (Å²) < 4.78 is 7.13. The molecule has 1 aromatic heterocycles. The molecule has 174 valence electrons. The highest BCUT2D eigenvalue weighted by Crippen LogP contribution is 2.50. The second kappa shape index (κ2) is 9.14. The van der Waals surface area contributed by atoms with Gasteiger partial charge in [-0.1, -0.05) is 25.3 Å². The quantitative estimate of drug-likeness (QED) is 0.710. The van der Waals surface area contributed by atoms with E-state index < -0.39 is 6.04 Å². The molecule has 1 aromatic rings. The molecular formula is C26H36N2O4. The predicted octanol–water partition coefficient (Wildman–Crippen LogP) is 3.52. The van der Waals surface area contributed by atoms with Crippen molar-refractivity contribution < 1.29 is 14.6 Å². The Balaban J connectivity index is 1.53. The second-order valence-electron chi connectivity index (χ2n) is 10.2. The largest absolute Gasteiger partial charge is 0.468 e. The normalized spacial score (nSPS) is 30.6. The minimum Gasteiger partial charge on any atom is -0.468 e. The Labute approximate surface area is 190 Å². The number of aliphatic hydroxyl groups excluding tert-OH is 1. The Morgan fingerprint density at radius 3 is 2.66 bits per heavy atom. The highest BCUT2D eigenvalue weighted by Gasteiger charge is 2.56. The maximum absolute atomic E-state index is 13.5. The third-order valence-electron chi connectivity index (χ3n) is 8.46. The van der Waals surface area contributed by atoms with Crippen molar-refractivity contribution >= 4 is 11.5 Å². The standard InChI is InChI=1S/C26H36N2O4/c1-32-26(31)24-21(16-29)20-15-27-22(23(20)28(24)14-17-8-4-2-5-9-17)13-12-19(25(27)30)18-10-6-3-7-11-18/h10,12-13,17,20-21,23-24,29H,2-9,11,14-16H2,1H3/t20-,21-,23+,24-/m0/s1. The average molecular weight is 441 g/mol. The summed E-state index contributed by atoms with van der Waals surface area (Å²) in [4.78, 5) is 28.6. The maximum Gasteiger partial charge on any atom is 0.323 e. The lowest BCUT2D eigenvalue weighted by Crippen LogP contribution is -2.45. The van der Waals surface area contributed by atoms with Crippen LogP contribution in [0.4, 0.5) is 0 Å². The Hall–Kier alpha value is -1.92. The molecule has 0 spiro atoms. The van der Waals surface area contributed by atoms with E-state index in [-0.39, 0.29) is 36.0 Å². The van der Waals surface area contributed by atoms with Crippen LogP contribution < -0.4 is 5.56 Å². The van der Waals surface area contributed by atoms with E-state index in [0.29, 0.717) is 12.5 Å². The van der Waals surface area contributed by atoms with Crippen molar-refractivity contribution in [1.29, 1.82) is 0 Å². The number of methoxy groups -OCH3 is 1. The molecule has 1 N–H and O–H groups in total. The molecule has 2 aliphatic heterocycles. The monoisotopic (exact) mass is 440 g/mol. The van der Waals surface area contributed by atoms with Crippen molar-refractivity contribution in [3.8, 4) is 0 Å². The van der Waals surface area contributed by atoms with Crippen LogP contribution in [0, 0.1) is 17.8 Å². The fourth-order valence-corrected chi connectivity index (χ4v) is 6.90. The van der Waals surface area contributed by atoms with Gasteiger partial charge >= 0.3 is 5.97 Å². The van der Waals surface area contributed by atoms with Gasteiger partial charge in [-0.25, -0.2) is 0 Å². The van der Waals surface area contributed by atoms with Crippen LogP contribution in [0.1, 0.15) is 75.1 Å². The van der Waals surface area contributed by atoms with Crippen molar-refractivity contribution in [3.05, 3.63) is 39.8 Å². The number of rotatable bonds is 5. The third-order valence-corrected chi connectivity index (χ3v) is 8.46. The van der Waals surface area contributed by atoms with Gasteiger partial charge in [0.2, 0.25) is 0 Å². The Bertz CT molecular complexity index is 946. The number of aromatic nitrogens is 1. The van der Waals surface area contributed by atoms with Gasteiger partial charge in [-0.05, 0) is 62.1 Å². The Kier molecular flexibility index (Phi) is 6.26. The molecule has 1 saturated carbocycles. The van der Waals surface area contributed by atoms with Gasteiger partial charge in [0, 0.05) is 42.8 Å². The highest BCUT2D eigenvalue weighted by atomic mass is 16.5. The minimum atomic E-state index is -0.438. The van der Waals surface area contributed by atoms with Crippen LogP contribution in [0.2, 0.25) is 0 Å². The lowest BCUT2D eigenvalue weighted by Gasteiger charge is -2.34. The van der Waals surface area contributed by atoms with Gasteiger partial charge in [0.25, 0.3) is 5.56 Å².